The summed E-state index contributed by atoms with van der Waals surface area (Å²) in [5, 5.41) is 0. The molecule has 1 heterocycles. The standard InChI is InChI=1S/C14H14FNO2/c15-11-3-1-10(2-4-11)9-12-5-6-14(18-12)13(17)7-8-16/h1-6H,7-9,16H2. The minimum atomic E-state index is -0.267. The highest BCUT2D eigenvalue weighted by atomic mass is 19.1. The fraction of sp³-hybridized carbons (Fsp3) is 0.214. The second-order valence-electron chi connectivity index (χ2n) is 4.03. The third-order valence-corrected chi connectivity index (χ3v) is 2.60. The summed E-state index contributed by atoms with van der Waals surface area (Å²) in [6.45, 7) is 0.312. The molecule has 18 heavy (non-hydrogen) atoms. The fourth-order valence-corrected chi connectivity index (χ4v) is 1.68. The van der Waals surface area contributed by atoms with Crippen molar-refractivity contribution in [1.29, 1.82) is 0 Å². The van der Waals surface area contributed by atoms with Crippen LogP contribution in [0.25, 0.3) is 0 Å². The Morgan fingerprint density at radius 1 is 1.17 bits per heavy atom. The third-order valence-electron chi connectivity index (χ3n) is 2.60. The van der Waals surface area contributed by atoms with Crippen LogP contribution in [-0.2, 0) is 6.42 Å². The largest absolute Gasteiger partial charge is 0.458 e. The molecule has 0 bridgehead atoms. The Morgan fingerprint density at radius 3 is 2.56 bits per heavy atom. The van der Waals surface area contributed by atoms with Gasteiger partial charge in [-0.05, 0) is 36.4 Å². The van der Waals surface area contributed by atoms with Gasteiger partial charge in [-0.15, -0.1) is 0 Å². The number of benzene rings is 1. The summed E-state index contributed by atoms with van der Waals surface area (Å²) in [7, 11) is 0. The Kier molecular flexibility index (Phi) is 3.89. The Labute approximate surface area is 104 Å². The fourth-order valence-electron chi connectivity index (χ4n) is 1.68. The lowest BCUT2D eigenvalue weighted by Gasteiger charge is -1.98. The zero-order valence-corrected chi connectivity index (χ0v) is 9.86. The summed E-state index contributed by atoms with van der Waals surface area (Å²) in [5.74, 6) is 0.652. The number of hydrogen-bond donors (Lipinski definition) is 1. The summed E-state index contributed by atoms with van der Waals surface area (Å²) >= 11 is 0. The van der Waals surface area contributed by atoms with Crippen molar-refractivity contribution in [3.8, 4) is 0 Å². The van der Waals surface area contributed by atoms with Crippen LogP contribution in [0.2, 0.25) is 0 Å². The van der Waals surface area contributed by atoms with E-state index in [0.29, 0.717) is 24.5 Å². The monoisotopic (exact) mass is 247 g/mol. The van der Waals surface area contributed by atoms with E-state index < -0.39 is 0 Å². The molecule has 0 amide bonds. The van der Waals surface area contributed by atoms with Crippen LogP contribution in [0.1, 0.15) is 28.3 Å². The normalized spacial score (nSPS) is 10.6. The zero-order valence-electron chi connectivity index (χ0n) is 9.86. The summed E-state index contributed by atoms with van der Waals surface area (Å²) in [4.78, 5) is 11.5. The molecule has 0 aliphatic rings. The molecule has 2 aromatic rings. The van der Waals surface area contributed by atoms with Crippen molar-refractivity contribution in [2.45, 2.75) is 12.8 Å². The smallest absolute Gasteiger partial charge is 0.199 e. The van der Waals surface area contributed by atoms with Crippen LogP contribution in [0.3, 0.4) is 0 Å². The minimum Gasteiger partial charge on any atom is -0.458 e. The van der Waals surface area contributed by atoms with E-state index in [4.69, 9.17) is 10.2 Å². The van der Waals surface area contributed by atoms with Gasteiger partial charge in [-0.3, -0.25) is 4.79 Å². The van der Waals surface area contributed by atoms with Gasteiger partial charge in [0, 0.05) is 12.8 Å². The molecule has 0 saturated heterocycles. The van der Waals surface area contributed by atoms with Gasteiger partial charge in [0.25, 0.3) is 0 Å². The van der Waals surface area contributed by atoms with E-state index >= 15 is 0 Å². The maximum atomic E-state index is 12.7. The van der Waals surface area contributed by atoms with E-state index in [1.807, 2.05) is 0 Å². The molecular weight excluding hydrogens is 233 g/mol. The van der Waals surface area contributed by atoms with Gasteiger partial charge in [-0.2, -0.15) is 0 Å². The van der Waals surface area contributed by atoms with Gasteiger partial charge in [0.1, 0.15) is 11.6 Å². The number of halogens is 1. The zero-order chi connectivity index (χ0) is 13.0. The predicted octanol–water partition coefficient (Wildman–Crippen LogP) is 2.54. The summed E-state index contributed by atoms with van der Waals surface area (Å²) < 4.78 is 18.2. The molecule has 0 atom stereocenters. The van der Waals surface area contributed by atoms with E-state index in [9.17, 15) is 9.18 Å². The van der Waals surface area contributed by atoms with E-state index in [0.717, 1.165) is 5.56 Å². The first-order chi connectivity index (χ1) is 8.69. The van der Waals surface area contributed by atoms with E-state index in [1.165, 1.54) is 12.1 Å². The molecule has 0 spiro atoms. The number of hydrogen-bond acceptors (Lipinski definition) is 3. The molecule has 0 aliphatic carbocycles. The lowest BCUT2D eigenvalue weighted by atomic mass is 10.1. The number of carbonyl (C=O) groups is 1. The third kappa shape index (κ3) is 3.05. The lowest BCUT2D eigenvalue weighted by molar-refractivity contribution is 0.0957. The van der Waals surface area contributed by atoms with Crippen LogP contribution in [0, 0.1) is 5.82 Å². The molecule has 2 N–H and O–H groups in total. The molecule has 2 rings (SSSR count). The molecule has 0 aliphatic heterocycles. The van der Waals surface area contributed by atoms with Crippen LogP contribution >= 0.6 is 0 Å². The molecule has 0 fully saturated rings. The van der Waals surface area contributed by atoms with Gasteiger partial charge in [0.05, 0.1) is 0 Å². The number of furan rings is 1. The van der Waals surface area contributed by atoms with Gasteiger partial charge < -0.3 is 10.2 Å². The maximum absolute atomic E-state index is 12.7. The van der Waals surface area contributed by atoms with Gasteiger partial charge >= 0.3 is 0 Å². The van der Waals surface area contributed by atoms with E-state index in [1.54, 1.807) is 24.3 Å². The van der Waals surface area contributed by atoms with Crippen molar-refractivity contribution in [3.63, 3.8) is 0 Å². The number of Topliss-reactive ketones (excluding diaryl/α,β-unsaturated/α-hetero) is 1. The molecule has 1 aromatic carbocycles. The Bertz CT molecular complexity index is 531. The first kappa shape index (κ1) is 12.5. The van der Waals surface area contributed by atoms with E-state index in [-0.39, 0.29) is 18.0 Å². The van der Waals surface area contributed by atoms with Crippen LogP contribution in [0.4, 0.5) is 4.39 Å². The summed E-state index contributed by atoms with van der Waals surface area (Å²) in [6.07, 6.45) is 0.819. The van der Waals surface area contributed by atoms with Crippen molar-refractivity contribution < 1.29 is 13.6 Å². The predicted molar refractivity (Wildman–Crippen MR) is 65.9 cm³/mol. The van der Waals surface area contributed by atoms with Crippen LogP contribution in [0.5, 0.6) is 0 Å². The second kappa shape index (κ2) is 5.60. The second-order valence-corrected chi connectivity index (χ2v) is 4.03. The number of carbonyl (C=O) groups excluding carboxylic acids is 1. The molecule has 0 saturated carbocycles. The Balaban J connectivity index is 2.06. The summed E-state index contributed by atoms with van der Waals surface area (Å²) in [5.41, 5.74) is 6.25. The minimum absolute atomic E-state index is 0.0946. The van der Waals surface area contributed by atoms with E-state index in [2.05, 4.69) is 0 Å². The average Bonchev–Trinajstić information content (AvgIpc) is 2.81. The molecule has 4 heteroatoms. The number of ketones is 1. The lowest BCUT2D eigenvalue weighted by Crippen LogP contribution is -2.07. The molecule has 94 valence electrons. The van der Waals surface area contributed by atoms with Gasteiger partial charge in [0.15, 0.2) is 11.5 Å². The topological polar surface area (TPSA) is 56.2 Å². The number of rotatable bonds is 5. The quantitative estimate of drug-likeness (QED) is 0.826. The highest BCUT2D eigenvalue weighted by molar-refractivity contribution is 5.93. The van der Waals surface area contributed by atoms with Crippen molar-refractivity contribution in [2.24, 2.45) is 5.73 Å². The van der Waals surface area contributed by atoms with Gasteiger partial charge in [0.2, 0.25) is 0 Å². The van der Waals surface area contributed by atoms with Crippen LogP contribution in [-0.4, -0.2) is 12.3 Å². The molecule has 0 unspecified atom stereocenters. The molecule has 1 aromatic heterocycles. The van der Waals surface area contributed by atoms with Crippen molar-refractivity contribution in [1.82, 2.24) is 0 Å². The van der Waals surface area contributed by atoms with Gasteiger partial charge in [-0.1, -0.05) is 12.1 Å². The molecule has 3 nitrogen and oxygen atoms in total. The summed E-state index contributed by atoms with van der Waals surface area (Å²) in [6, 6.07) is 9.60. The Hall–Kier alpha value is -1.94. The Morgan fingerprint density at radius 2 is 1.89 bits per heavy atom. The average molecular weight is 247 g/mol. The molecular formula is C14H14FNO2. The van der Waals surface area contributed by atoms with Crippen molar-refractivity contribution >= 4 is 5.78 Å². The first-order valence-electron chi connectivity index (χ1n) is 5.75. The van der Waals surface area contributed by atoms with Crippen LogP contribution in [0.15, 0.2) is 40.8 Å². The molecule has 0 radical (unpaired) electrons. The highest BCUT2D eigenvalue weighted by Gasteiger charge is 2.10. The van der Waals surface area contributed by atoms with Crippen LogP contribution < -0.4 is 5.73 Å². The number of nitrogens with two attached hydrogens (primary N) is 1. The SMILES string of the molecule is NCCC(=O)c1ccc(Cc2ccc(F)cc2)o1. The maximum Gasteiger partial charge on any atom is 0.199 e. The highest BCUT2D eigenvalue weighted by Crippen LogP contribution is 2.15. The van der Waals surface area contributed by atoms with Gasteiger partial charge in [-0.25, -0.2) is 4.39 Å². The first-order valence-corrected chi connectivity index (χ1v) is 5.75. The van der Waals surface area contributed by atoms with Crippen molar-refractivity contribution in [3.05, 3.63) is 59.3 Å². The van der Waals surface area contributed by atoms with Crippen molar-refractivity contribution in [2.75, 3.05) is 6.54 Å².